The summed E-state index contributed by atoms with van der Waals surface area (Å²) in [5.74, 6) is 0.0856. The highest BCUT2D eigenvalue weighted by molar-refractivity contribution is 6.29. The Labute approximate surface area is 53.8 Å². The number of halogens is 1. The Morgan fingerprint density at radius 1 is 1.88 bits per heavy atom. The zero-order valence-electron chi connectivity index (χ0n) is 4.50. The number of carbonyl (C=O) groups excluding carboxylic acids is 1. The summed E-state index contributed by atoms with van der Waals surface area (Å²) in [5.41, 5.74) is 0. The average Bonchev–Trinajstić information content (AvgIpc) is 1.87. The van der Waals surface area contributed by atoms with Gasteiger partial charge in [0.2, 0.25) is 0 Å². The summed E-state index contributed by atoms with van der Waals surface area (Å²) in [5, 5.41) is 5.28. The molecule has 0 bridgehead atoms. The zero-order chi connectivity index (χ0) is 5.28. The second-order valence-electron chi connectivity index (χ2n) is 1.53. The molecule has 0 aromatic heterocycles. The molecule has 8 heavy (non-hydrogen) atoms. The molecule has 0 saturated heterocycles. The molecule has 1 heterocycles. The van der Waals surface area contributed by atoms with Gasteiger partial charge in [0.25, 0.3) is 0 Å². The van der Waals surface area contributed by atoms with Crippen molar-refractivity contribution in [2.45, 2.75) is 0 Å². The lowest BCUT2D eigenvalue weighted by atomic mass is 10.5. The Kier molecular flexibility index (Phi) is 2.48. The van der Waals surface area contributed by atoms with Gasteiger partial charge in [-0.15, -0.1) is 12.4 Å². The van der Waals surface area contributed by atoms with Gasteiger partial charge in [-0.25, -0.2) is 0 Å². The predicted molar refractivity (Wildman–Crippen MR) is 33.4 cm³/mol. The van der Waals surface area contributed by atoms with Crippen LogP contribution in [0.2, 0.25) is 0 Å². The second-order valence-corrected chi connectivity index (χ2v) is 1.53. The normalized spacial score (nSPS) is 16.6. The van der Waals surface area contributed by atoms with Gasteiger partial charge in [-0.2, -0.15) is 5.10 Å². The molecule has 0 atom stereocenters. The number of hydrogen-bond acceptors (Lipinski definition) is 3. The lowest BCUT2D eigenvalue weighted by Gasteiger charge is -1.99. The summed E-state index contributed by atoms with van der Waals surface area (Å²) >= 11 is 0. The zero-order valence-corrected chi connectivity index (χ0v) is 5.31. The first-order valence-corrected chi connectivity index (χ1v) is 2.07. The van der Waals surface area contributed by atoms with E-state index < -0.39 is 0 Å². The van der Waals surface area contributed by atoms with Crippen LogP contribution in [0.1, 0.15) is 0 Å². The van der Waals surface area contributed by atoms with Crippen molar-refractivity contribution in [3.8, 4) is 0 Å². The largest absolute Gasteiger partial charge is 0.292 e. The van der Waals surface area contributed by atoms with Gasteiger partial charge in [0.15, 0.2) is 5.78 Å². The number of hydrogen-bond donors (Lipinski definition) is 0. The maximum absolute atomic E-state index is 10.3. The molecule has 0 aliphatic carbocycles. The lowest BCUT2D eigenvalue weighted by Crippen LogP contribution is -2.11. The molecule has 0 amide bonds. The van der Waals surface area contributed by atoms with E-state index in [1.165, 1.54) is 6.21 Å². The Morgan fingerprint density at radius 3 is 2.62 bits per heavy atom. The first-order chi connectivity index (χ1) is 3.29. The number of nitrogens with zero attached hydrogens (tertiary/aromatic N) is 2. The third kappa shape index (κ3) is 1.50. The summed E-state index contributed by atoms with van der Waals surface area (Å²) in [6, 6.07) is 0. The Bertz CT molecular complexity index is 123. The topological polar surface area (TPSA) is 32.7 Å². The van der Waals surface area contributed by atoms with E-state index >= 15 is 0 Å². The van der Waals surface area contributed by atoms with Crippen LogP contribution in [0.25, 0.3) is 0 Å². The van der Waals surface area contributed by atoms with Crippen LogP contribution in [0.3, 0.4) is 0 Å². The molecule has 1 aliphatic heterocycles. The van der Waals surface area contributed by atoms with Crippen molar-refractivity contribution in [3.05, 3.63) is 0 Å². The van der Waals surface area contributed by atoms with Gasteiger partial charge in [-0.3, -0.25) is 9.80 Å². The van der Waals surface area contributed by atoms with E-state index in [-0.39, 0.29) is 18.2 Å². The number of ketones is 1. The molecule has 4 heteroatoms. The number of rotatable bonds is 0. The van der Waals surface area contributed by atoms with Gasteiger partial charge >= 0.3 is 0 Å². The van der Waals surface area contributed by atoms with Crippen molar-refractivity contribution in [3.63, 3.8) is 0 Å². The van der Waals surface area contributed by atoms with E-state index in [0.29, 0.717) is 6.54 Å². The fourth-order valence-corrected chi connectivity index (χ4v) is 0.470. The predicted octanol–water partition coefficient (Wildman–Crippen LogP) is -0.0915. The molecule has 1 rings (SSSR count). The van der Waals surface area contributed by atoms with Crippen LogP contribution >= 0.6 is 12.4 Å². The second kappa shape index (κ2) is 2.67. The molecule has 0 saturated carbocycles. The fourth-order valence-electron chi connectivity index (χ4n) is 0.470. The molecule has 0 unspecified atom stereocenters. The highest BCUT2D eigenvalue weighted by atomic mass is 35.5. The van der Waals surface area contributed by atoms with Crippen LogP contribution < -0.4 is 0 Å². The van der Waals surface area contributed by atoms with Crippen LogP contribution in [0.15, 0.2) is 5.10 Å². The van der Waals surface area contributed by atoms with Crippen molar-refractivity contribution < 1.29 is 4.79 Å². The molecule has 0 spiro atoms. The van der Waals surface area contributed by atoms with Gasteiger partial charge in [-0.05, 0) is 0 Å². The van der Waals surface area contributed by atoms with E-state index in [9.17, 15) is 4.79 Å². The smallest absolute Gasteiger partial charge is 0.196 e. The number of hydrazone groups is 1. The van der Waals surface area contributed by atoms with Crippen LogP contribution in [-0.4, -0.2) is 30.6 Å². The van der Waals surface area contributed by atoms with Crippen molar-refractivity contribution in [1.29, 1.82) is 0 Å². The van der Waals surface area contributed by atoms with Crippen molar-refractivity contribution >= 4 is 24.4 Å². The minimum absolute atomic E-state index is 0. The molecule has 1 aliphatic rings. The number of Topliss-reactive ketones (excluding diaryl/α,β-unsaturated/α-hetero) is 1. The fraction of sp³-hybridized carbons (Fsp3) is 0.500. The minimum Gasteiger partial charge on any atom is -0.292 e. The van der Waals surface area contributed by atoms with Crippen molar-refractivity contribution in [2.75, 3.05) is 13.6 Å². The quantitative estimate of drug-likeness (QED) is 0.464. The van der Waals surface area contributed by atoms with Gasteiger partial charge in [0.1, 0.15) is 6.54 Å². The Hall–Kier alpha value is -0.570. The van der Waals surface area contributed by atoms with Crippen LogP contribution in [0.5, 0.6) is 0 Å². The molecule has 0 fully saturated rings. The van der Waals surface area contributed by atoms with Crippen molar-refractivity contribution in [2.24, 2.45) is 5.10 Å². The van der Waals surface area contributed by atoms with Gasteiger partial charge in [-0.1, -0.05) is 0 Å². The number of carbonyl (C=O) groups is 1. The standard InChI is InChI=1S/C4H6N2O.ClH/c1-6-3-4(7)2-5-6;/h2H,3H2,1H3;1H. The molecule has 46 valence electrons. The maximum Gasteiger partial charge on any atom is 0.196 e. The van der Waals surface area contributed by atoms with E-state index in [1.54, 1.807) is 12.1 Å². The third-order valence-electron chi connectivity index (χ3n) is 0.784. The monoisotopic (exact) mass is 134 g/mol. The van der Waals surface area contributed by atoms with E-state index in [4.69, 9.17) is 0 Å². The Morgan fingerprint density at radius 2 is 2.50 bits per heavy atom. The van der Waals surface area contributed by atoms with Crippen LogP contribution in [0, 0.1) is 0 Å². The Balaban J connectivity index is 0.000000490. The average molecular weight is 135 g/mol. The molecular formula is C4H7ClN2O. The van der Waals surface area contributed by atoms with Crippen LogP contribution in [0.4, 0.5) is 0 Å². The highest BCUT2D eigenvalue weighted by Gasteiger charge is 2.06. The summed E-state index contributed by atoms with van der Waals surface area (Å²) in [6.07, 6.45) is 1.33. The lowest BCUT2D eigenvalue weighted by molar-refractivity contribution is -0.112. The molecule has 0 N–H and O–H groups in total. The highest BCUT2D eigenvalue weighted by Crippen LogP contribution is 1.88. The molecular weight excluding hydrogens is 128 g/mol. The van der Waals surface area contributed by atoms with E-state index in [0.717, 1.165) is 0 Å². The summed E-state index contributed by atoms with van der Waals surface area (Å²) in [4.78, 5) is 10.3. The number of likely N-dealkylation sites (N-methyl/N-ethyl adjacent to an activating group) is 1. The molecule has 3 nitrogen and oxygen atoms in total. The van der Waals surface area contributed by atoms with Crippen molar-refractivity contribution in [1.82, 2.24) is 5.01 Å². The van der Waals surface area contributed by atoms with Gasteiger partial charge in [0, 0.05) is 7.05 Å². The molecule has 0 aromatic rings. The van der Waals surface area contributed by atoms with E-state index in [2.05, 4.69) is 5.10 Å². The minimum atomic E-state index is 0. The van der Waals surface area contributed by atoms with Crippen LogP contribution in [-0.2, 0) is 4.79 Å². The maximum atomic E-state index is 10.3. The first-order valence-electron chi connectivity index (χ1n) is 2.07. The van der Waals surface area contributed by atoms with Gasteiger partial charge < -0.3 is 0 Å². The van der Waals surface area contributed by atoms with E-state index in [1.807, 2.05) is 0 Å². The summed E-state index contributed by atoms with van der Waals surface area (Å²) in [6.45, 7) is 0.444. The molecule has 0 radical (unpaired) electrons. The third-order valence-corrected chi connectivity index (χ3v) is 0.784. The first kappa shape index (κ1) is 7.43. The summed E-state index contributed by atoms with van der Waals surface area (Å²) in [7, 11) is 1.77. The molecule has 0 aromatic carbocycles. The SMILES string of the molecule is CN1CC(=O)C=N1.Cl. The summed E-state index contributed by atoms with van der Waals surface area (Å²) < 4.78 is 0. The van der Waals surface area contributed by atoms with Gasteiger partial charge in [0.05, 0.1) is 6.21 Å².